The molecule has 0 aliphatic carbocycles. The maximum Gasteiger partial charge on any atom is 0.140 e. The average Bonchev–Trinajstić information content (AvgIpc) is 2.54. The summed E-state index contributed by atoms with van der Waals surface area (Å²) in [5.74, 6) is 0.462. The first-order valence-electron chi connectivity index (χ1n) is 4.48. The van der Waals surface area contributed by atoms with Crippen molar-refractivity contribution in [2.24, 2.45) is 0 Å². The lowest BCUT2D eigenvalue weighted by Crippen LogP contribution is -2.06. The minimum absolute atomic E-state index is 0.462. The molecule has 2 rings (SSSR count). The molecular weight excluding hydrogens is 313 g/mol. The number of rotatable bonds is 2. The summed E-state index contributed by atoms with van der Waals surface area (Å²) in [6.07, 6.45) is 1.53. The average molecular weight is 321 g/mol. The summed E-state index contributed by atoms with van der Waals surface area (Å²) in [5, 5.41) is 5.23. The molecule has 16 heavy (non-hydrogen) atoms. The second-order valence-electron chi connectivity index (χ2n) is 3.27. The van der Waals surface area contributed by atoms with E-state index in [1.54, 1.807) is 4.68 Å². The van der Waals surface area contributed by atoms with E-state index in [9.17, 15) is 0 Å². The van der Waals surface area contributed by atoms with Gasteiger partial charge in [-0.05, 0) is 17.7 Å². The number of hydrogen-bond donors (Lipinski definition) is 1. The third-order valence-electron chi connectivity index (χ3n) is 2.17. The molecule has 6 heteroatoms. The number of nitrogens with two attached hydrogens (primary N) is 1. The zero-order valence-corrected chi connectivity index (χ0v) is 11.2. The van der Waals surface area contributed by atoms with E-state index in [2.05, 4.69) is 21.0 Å². The van der Waals surface area contributed by atoms with E-state index in [-0.39, 0.29) is 0 Å². The summed E-state index contributed by atoms with van der Waals surface area (Å²) in [4.78, 5) is 0. The maximum atomic E-state index is 5.86. The highest BCUT2D eigenvalue weighted by Gasteiger charge is 2.07. The largest absolute Gasteiger partial charge is 0.383 e. The van der Waals surface area contributed by atoms with Gasteiger partial charge >= 0.3 is 0 Å². The Hall–Kier alpha value is -0.710. The van der Waals surface area contributed by atoms with Crippen LogP contribution in [0.25, 0.3) is 0 Å². The molecule has 0 aliphatic rings. The first-order valence-corrected chi connectivity index (χ1v) is 6.03. The monoisotopic (exact) mass is 319 g/mol. The molecule has 0 amide bonds. The molecule has 0 bridgehead atoms. The number of nitrogen functional groups attached to an aromatic ring is 1. The Bertz CT molecular complexity index is 525. The van der Waals surface area contributed by atoms with Crippen molar-refractivity contribution in [3.8, 4) is 0 Å². The Morgan fingerprint density at radius 2 is 2.12 bits per heavy atom. The van der Waals surface area contributed by atoms with Crippen LogP contribution >= 0.6 is 39.1 Å². The van der Waals surface area contributed by atoms with Crippen LogP contribution in [0.3, 0.4) is 0 Å². The number of halogens is 3. The van der Waals surface area contributed by atoms with Crippen LogP contribution in [-0.4, -0.2) is 9.78 Å². The van der Waals surface area contributed by atoms with Crippen LogP contribution in [0.2, 0.25) is 10.0 Å². The Morgan fingerprint density at radius 1 is 1.38 bits per heavy atom. The van der Waals surface area contributed by atoms with E-state index < -0.39 is 0 Å². The predicted molar refractivity (Wildman–Crippen MR) is 69.9 cm³/mol. The highest BCUT2D eigenvalue weighted by Crippen LogP contribution is 2.24. The van der Waals surface area contributed by atoms with Crippen molar-refractivity contribution in [1.29, 1.82) is 0 Å². The molecule has 0 unspecified atom stereocenters. The van der Waals surface area contributed by atoms with Crippen LogP contribution in [-0.2, 0) is 6.54 Å². The first kappa shape index (κ1) is 11.8. The third-order valence-corrected chi connectivity index (χ3v) is 3.43. The number of nitrogens with zero attached hydrogens (tertiary/aromatic N) is 2. The van der Waals surface area contributed by atoms with Gasteiger partial charge in [0.25, 0.3) is 0 Å². The molecule has 2 aromatic rings. The van der Waals surface area contributed by atoms with Gasteiger partial charge in [0.15, 0.2) is 0 Å². The highest BCUT2D eigenvalue weighted by atomic mass is 79.9. The van der Waals surface area contributed by atoms with Crippen LogP contribution in [0.5, 0.6) is 0 Å². The van der Waals surface area contributed by atoms with Gasteiger partial charge in [-0.1, -0.05) is 45.2 Å². The summed E-state index contributed by atoms with van der Waals surface area (Å²) in [6, 6.07) is 5.57. The Labute approximate surface area is 111 Å². The van der Waals surface area contributed by atoms with E-state index >= 15 is 0 Å². The molecule has 1 aromatic heterocycles. The molecule has 0 aliphatic heterocycles. The van der Waals surface area contributed by atoms with Crippen molar-refractivity contribution in [2.45, 2.75) is 6.54 Å². The van der Waals surface area contributed by atoms with Crippen molar-refractivity contribution in [2.75, 3.05) is 5.73 Å². The SMILES string of the molecule is Nc1c(Cl)cnn1Cc1ccc(Cl)cc1Br. The van der Waals surface area contributed by atoms with E-state index in [4.69, 9.17) is 28.9 Å². The van der Waals surface area contributed by atoms with Crippen molar-refractivity contribution in [1.82, 2.24) is 9.78 Å². The topological polar surface area (TPSA) is 43.8 Å². The third kappa shape index (κ3) is 2.34. The zero-order valence-electron chi connectivity index (χ0n) is 8.12. The van der Waals surface area contributed by atoms with Gasteiger partial charge in [-0.15, -0.1) is 0 Å². The standard InChI is InChI=1S/C10H8BrCl2N3/c11-8-3-7(12)2-1-6(8)5-16-10(14)9(13)4-15-16/h1-4H,5,14H2. The highest BCUT2D eigenvalue weighted by molar-refractivity contribution is 9.10. The molecule has 0 saturated heterocycles. The molecule has 2 N–H and O–H groups in total. The van der Waals surface area contributed by atoms with Crippen molar-refractivity contribution >= 4 is 44.9 Å². The normalized spacial score (nSPS) is 10.7. The van der Waals surface area contributed by atoms with Gasteiger partial charge < -0.3 is 5.73 Å². The molecule has 1 aromatic carbocycles. The molecule has 0 atom stereocenters. The number of aromatic nitrogens is 2. The summed E-state index contributed by atoms with van der Waals surface area (Å²) in [6.45, 7) is 0.552. The predicted octanol–water partition coefficient (Wildman–Crippen LogP) is 3.58. The van der Waals surface area contributed by atoms with Crippen molar-refractivity contribution in [3.63, 3.8) is 0 Å². The lowest BCUT2D eigenvalue weighted by Gasteiger charge is -2.07. The van der Waals surface area contributed by atoms with Crippen LogP contribution in [0.4, 0.5) is 5.82 Å². The van der Waals surface area contributed by atoms with Gasteiger partial charge in [0, 0.05) is 9.50 Å². The molecule has 0 fully saturated rings. The molecule has 3 nitrogen and oxygen atoms in total. The Balaban J connectivity index is 2.30. The fourth-order valence-corrected chi connectivity index (χ4v) is 2.26. The quantitative estimate of drug-likeness (QED) is 0.919. The van der Waals surface area contributed by atoms with Gasteiger partial charge in [-0.2, -0.15) is 5.10 Å². The van der Waals surface area contributed by atoms with Gasteiger partial charge in [0.1, 0.15) is 10.8 Å². The van der Waals surface area contributed by atoms with Crippen LogP contribution in [0, 0.1) is 0 Å². The van der Waals surface area contributed by atoms with Gasteiger partial charge in [-0.3, -0.25) is 0 Å². The van der Waals surface area contributed by atoms with E-state index in [0.29, 0.717) is 22.4 Å². The van der Waals surface area contributed by atoms with E-state index in [1.807, 2.05) is 18.2 Å². The maximum absolute atomic E-state index is 5.86. The Kier molecular flexibility index (Phi) is 3.42. The molecule has 0 saturated carbocycles. The molecule has 84 valence electrons. The smallest absolute Gasteiger partial charge is 0.140 e. The van der Waals surface area contributed by atoms with Crippen LogP contribution in [0.15, 0.2) is 28.9 Å². The van der Waals surface area contributed by atoms with Gasteiger partial charge in [-0.25, -0.2) is 4.68 Å². The lowest BCUT2D eigenvalue weighted by atomic mass is 10.2. The minimum atomic E-state index is 0.462. The molecule has 0 radical (unpaired) electrons. The van der Waals surface area contributed by atoms with E-state index in [0.717, 1.165) is 10.0 Å². The van der Waals surface area contributed by atoms with Crippen LogP contribution in [0.1, 0.15) is 5.56 Å². The number of anilines is 1. The van der Waals surface area contributed by atoms with Gasteiger partial charge in [0.2, 0.25) is 0 Å². The number of benzene rings is 1. The second kappa shape index (κ2) is 4.65. The van der Waals surface area contributed by atoms with Crippen LogP contribution < -0.4 is 5.73 Å². The Morgan fingerprint density at radius 3 is 2.69 bits per heavy atom. The fraction of sp³-hybridized carbons (Fsp3) is 0.100. The van der Waals surface area contributed by atoms with Crippen molar-refractivity contribution in [3.05, 3.63) is 44.5 Å². The molecule has 1 heterocycles. The fourth-order valence-electron chi connectivity index (χ4n) is 1.31. The van der Waals surface area contributed by atoms with E-state index in [1.165, 1.54) is 6.20 Å². The summed E-state index contributed by atoms with van der Waals surface area (Å²) in [5.41, 5.74) is 6.80. The zero-order chi connectivity index (χ0) is 11.7. The molecule has 0 spiro atoms. The summed E-state index contributed by atoms with van der Waals surface area (Å²) >= 11 is 15.1. The number of hydrogen-bond acceptors (Lipinski definition) is 2. The minimum Gasteiger partial charge on any atom is -0.383 e. The lowest BCUT2D eigenvalue weighted by molar-refractivity contribution is 0.695. The molecular formula is C10H8BrCl2N3. The second-order valence-corrected chi connectivity index (χ2v) is 4.97. The van der Waals surface area contributed by atoms with Gasteiger partial charge in [0.05, 0.1) is 12.7 Å². The summed E-state index contributed by atoms with van der Waals surface area (Å²) < 4.78 is 2.56. The first-order chi connectivity index (χ1) is 7.58. The summed E-state index contributed by atoms with van der Waals surface area (Å²) in [7, 11) is 0. The van der Waals surface area contributed by atoms with Crippen molar-refractivity contribution < 1.29 is 0 Å².